The van der Waals surface area contributed by atoms with E-state index in [2.05, 4.69) is 20.6 Å². The first-order chi connectivity index (χ1) is 20.4. The van der Waals surface area contributed by atoms with Gasteiger partial charge in [-0.25, -0.2) is 31.3 Å². The molecule has 2 aliphatic rings. The third-order valence-corrected chi connectivity index (χ3v) is 7.98. The van der Waals surface area contributed by atoms with Gasteiger partial charge in [0.05, 0.1) is 11.8 Å². The predicted octanol–water partition coefficient (Wildman–Crippen LogP) is 5.06. The molecule has 2 heterocycles. The van der Waals surface area contributed by atoms with Crippen LogP contribution in [0.3, 0.4) is 0 Å². The Morgan fingerprint density at radius 3 is 1.98 bits per heavy atom. The number of anilines is 3. The Morgan fingerprint density at radius 1 is 0.977 bits per heavy atom. The van der Waals surface area contributed by atoms with E-state index in [1.165, 1.54) is 7.11 Å². The van der Waals surface area contributed by atoms with Gasteiger partial charge in [0.15, 0.2) is 40.7 Å². The number of nitrogens with one attached hydrogen (secondary N) is 2. The third-order valence-electron chi connectivity index (χ3n) is 7.98. The molecule has 1 fully saturated rings. The molecule has 1 aromatic heterocycles. The van der Waals surface area contributed by atoms with Crippen LogP contribution in [0.25, 0.3) is 0 Å². The van der Waals surface area contributed by atoms with Gasteiger partial charge >= 0.3 is 0 Å². The number of halogens is 6. The minimum Gasteiger partial charge on any atom is -0.379 e. The van der Waals surface area contributed by atoms with Crippen LogP contribution in [0.4, 0.5) is 43.8 Å². The summed E-state index contributed by atoms with van der Waals surface area (Å²) in [5, 5.41) is 6.11. The molecule has 43 heavy (non-hydrogen) atoms. The maximum Gasteiger partial charge on any atom is 0.249 e. The first-order valence-electron chi connectivity index (χ1n) is 13.6. The number of amides is 1. The molecule has 3 aromatic rings. The van der Waals surface area contributed by atoms with Gasteiger partial charge in [0.2, 0.25) is 11.9 Å². The van der Waals surface area contributed by atoms with Gasteiger partial charge in [0, 0.05) is 39.3 Å². The minimum absolute atomic E-state index is 0.0653. The van der Waals surface area contributed by atoms with Crippen molar-refractivity contribution in [2.45, 2.75) is 64.0 Å². The molecule has 1 saturated carbocycles. The number of carbonyl (C=O) groups excluding carboxylic acids is 1. The highest BCUT2D eigenvalue weighted by Crippen LogP contribution is 2.36. The highest BCUT2D eigenvalue weighted by atomic mass is 19.2. The Balaban J connectivity index is 1.33. The summed E-state index contributed by atoms with van der Waals surface area (Å²) in [5.41, 5.74) is 1.28. The molecule has 0 bridgehead atoms. The van der Waals surface area contributed by atoms with E-state index in [4.69, 9.17) is 4.74 Å². The first-order valence-corrected chi connectivity index (χ1v) is 13.6. The zero-order chi connectivity index (χ0) is 31.2. The zero-order valence-corrected chi connectivity index (χ0v) is 23.8. The second-order valence-corrected chi connectivity index (χ2v) is 10.9. The highest BCUT2D eigenvalue weighted by Gasteiger charge is 2.38. The molecule has 0 saturated heterocycles. The van der Waals surface area contributed by atoms with Crippen LogP contribution in [-0.4, -0.2) is 59.2 Å². The number of ether oxygens (including phenoxy) is 1. The number of methoxy groups -OCH3 is 1. The lowest BCUT2D eigenvalue weighted by atomic mass is 9.85. The van der Waals surface area contributed by atoms with E-state index >= 15 is 0 Å². The molecular formula is C29H30F6N6O2. The van der Waals surface area contributed by atoms with E-state index in [9.17, 15) is 31.1 Å². The summed E-state index contributed by atoms with van der Waals surface area (Å²) in [5.74, 6) is -8.02. The van der Waals surface area contributed by atoms with E-state index in [1.54, 1.807) is 30.7 Å². The van der Waals surface area contributed by atoms with Gasteiger partial charge in [-0.1, -0.05) is 0 Å². The lowest BCUT2D eigenvalue weighted by Crippen LogP contribution is -2.53. The van der Waals surface area contributed by atoms with Crippen LogP contribution in [-0.2, 0) is 22.6 Å². The van der Waals surface area contributed by atoms with Crippen LogP contribution >= 0.6 is 0 Å². The molecule has 2 N–H and O–H groups in total. The molecule has 1 unspecified atom stereocenters. The Hall–Kier alpha value is -3.91. The largest absolute Gasteiger partial charge is 0.379 e. The number of carbonyl (C=O) groups is 1. The van der Waals surface area contributed by atoms with Gasteiger partial charge < -0.3 is 20.3 Å². The number of fused-ring (bicyclic) bond motifs is 1. The topological polar surface area (TPSA) is 82.6 Å². The molecule has 230 valence electrons. The molecule has 0 spiro atoms. The highest BCUT2D eigenvalue weighted by molar-refractivity contribution is 6.03. The van der Waals surface area contributed by atoms with Gasteiger partial charge in [0.25, 0.3) is 0 Å². The summed E-state index contributed by atoms with van der Waals surface area (Å²) in [7, 11) is 3.26. The average Bonchev–Trinajstić information content (AvgIpc) is 2.92. The Bertz CT molecular complexity index is 1450. The summed E-state index contributed by atoms with van der Waals surface area (Å²) in [6.07, 6.45) is 0.579. The summed E-state index contributed by atoms with van der Waals surface area (Å²) < 4.78 is 88.2. The quantitative estimate of drug-likeness (QED) is 0.260. The van der Waals surface area contributed by atoms with Crippen molar-refractivity contribution in [1.82, 2.24) is 14.9 Å². The number of hydrogen-bond donors (Lipinski definition) is 2. The summed E-state index contributed by atoms with van der Waals surface area (Å²) in [6.45, 7) is 3.39. The number of aromatic nitrogens is 2. The average molecular weight is 609 g/mol. The maximum absolute atomic E-state index is 13.9. The second-order valence-electron chi connectivity index (χ2n) is 10.9. The van der Waals surface area contributed by atoms with Crippen molar-refractivity contribution in [1.29, 1.82) is 0 Å². The number of hydrogen-bond acceptors (Lipinski definition) is 7. The monoisotopic (exact) mass is 608 g/mol. The SMILES string of the molecule is CO[C@H](C)C1C(=O)Nc2c(C)nc(NC3CC(N(Cc4cc(F)c(F)c(F)c4)Cc4cc(F)c(F)c(F)c4)C3)nc2N1C. The molecule has 0 radical (unpaired) electrons. The van der Waals surface area contributed by atoms with Crippen LogP contribution < -0.4 is 15.5 Å². The Kier molecular flexibility index (Phi) is 8.52. The van der Waals surface area contributed by atoms with Gasteiger partial charge in [-0.3, -0.25) is 9.69 Å². The van der Waals surface area contributed by atoms with E-state index < -0.39 is 47.0 Å². The zero-order valence-electron chi connectivity index (χ0n) is 23.8. The molecule has 1 aliphatic heterocycles. The van der Waals surface area contributed by atoms with Crippen molar-refractivity contribution in [2.75, 3.05) is 29.7 Å². The molecule has 8 nitrogen and oxygen atoms in total. The predicted molar refractivity (Wildman–Crippen MR) is 146 cm³/mol. The lowest BCUT2D eigenvalue weighted by molar-refractivity contribution is -0.120. The minimum atomic E-state index is -1.60. The standard InChI is InChI=1S/C29H30F6N6O2/c1-13-25-27(40(3)26(14(2)43-4)28(42)38-25)39-29(36-13)37-17-9-18(10-17)41(11-15-5-19(30)23(34)20(31)6-15)12-16-7-21(32)24(35)22(33)8-16/h5-8,14,17-18,26H,9-12H2,1-4H3,(H,38,42)(H,36,37,39)/t14-,17?,18?,26?/m1/s1. The van der Waals surface area contributed by atoms with Crippen LogP contribution in [0, 0.1) is 41.8 Å². The smallest absolute Gasteiger partial charge is 0.249 e. The van der Waals surface area contributed by atoms with Crippen LogP contribution in [0.2, 0.25) is 0 Å². The second kappa shape index (κ2) is 12.0. The number of benzene rings is 2. The van der Waals surface area contributed by atoms with Gasteiger partial charge in [-0.15, -0.1) is 0 Å². The summed E-state index contributed by atoms with van der Waals surface area (Å²) in [6, 6.07) is 2.49. The van der Waals surface area contributed by atoms with Gasteiger partial charge in [-0.05, 0) is 62.1 Å². The van der Waals surface area contributed by atoms with Crippen LogP contribution in [0.1, 0.15) is 36.6 Å². The number of rotatable bonds is 9. The number of likely N-dealkylation sites (N-methyl/N-ethyl adjacent to an activating group) is 1. The molecule has 2 aromatic carbocycles. The number of nitrogens with zero attached hydrogens (tertiary/aromatic N) is 4. The third kappa shape index (κ3) is 6.11. The number of aryl methyl sites for hydroxylation is 1. The summed E-state index contributed by atoms with van der Waals surface area (Å²) >= 11 is 0. The maximum atomic E-state index is 13.9. The molecular weight excluding hydrogens is 578 g/mol. The Morgan fingerprint density at radius 2 is 1.49 bits per heavy atom. The molecule has 1 amide bonds. The molecule has 2 atom stereocenters. The van der Waals surface area contributed by atoms with E-state index in [-0.39, 0.29) is 42.2 Å². The van der Waals surface area contributed by atoms with Crippen molar-refractivity contribution >= 4 is 23.4 Å². The van der Waals surface area contributed by atoms with Crippen molar-refractivity contribution in [3.8, 4) is 0 Å². The van der Waals surface area contributed by atoms with Crippen molar-refractivity contribution in [2.24, 2.45) is 0 Å². The fraction of sp³-hybridized carbons (Fsp3) is 0.414. The van der Waals surface area contributed by atoms with Crippen molar-refractivity contribution in [3.05, 3.63) is 76.0 Å². The van der Waals surface area contributed by atoms with E-state index in [0.717, 1.165) is 24.3 Å². The van der Waals surface area contributed by atoms with Crippen LogP contribution in [0.15, 0.2) is 24.3 Å². The molecule has 14 heteroatoms. The van der Waals surface area contributed by atoms with Crippen molar-refractivity contribution < 1.29 is 35.9 Å². The fourth-order valence-electron chi connectivity index (χ4n) is 5.55. The van der Waals surface area contributed by atoms with Gasteiger partial charge in [0.1, 0.15) is 11.7 Å². The molecule has 1 aliphatic carbocycles. The van der Waals surface area contributed by atoms with Gasteiger partial charge in [-0.2, -0.15) is 4.98 Å². The normalized spacial score (nSPS) is 20.5. The lowest BCUT2D eigenvalue weighted by Gasteiger charge is -2.43. The molecule has 5 rings (SSSR count). The van der Waals surface area contributed by atoms with E-state index in [0.29, 0.717) is 36.0 Å². The summed E-state index contributed by atoms with van der Waals surface area (Å²) in [4.78, 5) is 25.2. The fourth-order valence-corrected chi connectivity index (χ4v) is 5.55. The van der Waals surface area contributed by atoms with Crippen LogP contribution in [0.5, 0.6) is 0 Å². The first kappa shape index (κ1) is 30.5. The Labute approximate surface area is 244 Å². The van der Waals surface area contributed by atoms with E-state index in [1.807, 2.05) is 0 Å². The van der Waals surface area contributed by atoms with Crippen molar-refractivity contribution in [3.63, 3.8) is 0 Å².